The molecular formula is C20H23N5O. The fourth-order valence-corrected chi connectivity index (χ4v) is 2.69. The molecule has 6 nitrogen and oxygen atoms in total. The van der Waals surface area contributed by atoms with Gasteiger partial charge in [-0.1, -0.05) is 30.3 Å². The zero-order valence-electron chi connectivity index (χ0n) is 14.7. The highest BCUT2D eigenvalue weighted by Crippen LogP contribution is 2.07. The minimum absolute atomic E-state index is 0.0575. The van der Waals surface area contributed by atoms with Crippen LogP contribution in [0.25, 0.3) is 0 Å². The fraction of sp³-hybridized carbons (Fsp3) is 0.250. The maximum absolute atomic E-state index is 12.7. The molecule has 0 spiro atoms. The summed E-state index contributed by atoms with van der Waals surface area (Å²) in [5, 5.41) is 3.00. The summed E-state index contributed by atoms with van der Waals surface area (Å²) in [6.07, 6.45) is 9.69. The molecule has 6 heteroatoms. The predicted octanol–water partition coefficient (Wildman–Crippen LogP) is 2.73. The van der Waals surface area contributed by atoms with Crippen LogP contribution in [0.2, 0.25) is 0 Å². The number of carbonyl (C=O) groups excluding carboxylic acids is 1. The molecule has 0 saturated heterocycles. The van der Waals surface area contributed by atoms with Gasteiger partial charge in [0.25, 0.3) is 0 Å². The number of imidazole rings is 1. The molecule has 0 atom stereocenters. The zero-order chi connectivity index (χ0) is 18.0. The highest BCUT2D eigenvalue weighted by molar-refractivity contribution is 5.74. The topological polar surface area (TPSA) is 63.1 Å². The molecule has 0 radical (unpaired) electrons. The molecule has 0 bridgehead atoms. The van der Waals surface area contributed by atoms with Crippen LogP contribution in [0.5, 0.6) is 0 Å². The smallest absolute Gasteiger partial charge is 0.317 e. The van der Waals surface area contributed by atoms with Crippen molar-refractivity contribution < 1.29 is 4.79 Å². The number of hydrogen-bond donors (Lipinski definition) is 1. The molecule has 0 aliphatic rings. The number of urea groups is 1. The SMILES string of the molecule is O=C(NCCn1ccnc1)N(CCc1ccccc1)Cc1ccncc1. The van der Waals surface area contributed by atoms with Gasteiger partial charge in [0.2, 0.25) is 0 Å². The largest absolute Gasteiger partial charge is 0.336 e. The van der Waals surface area contributed by atoms with Crippen LogP contribution < -0.4 is 5.32 Å². The maximum Gasteiger partial charge on any atom is 0.317 e. The van der Waals surface area contributed by atoms with Crippen LogP contribution in [0.15, 0.2) is 73.6 Å². The standard InChI is InChI=1S/C20H23N5O/c26-20(23-12-15-24-14-11-22-17-24)25(16-19-6-9-21-10-7-19)13-8-18-4-2-1-3-5-18/h1-7,9-11,14,17H,8,12-13,15-16H2,(H,23,26). The fourth-order valence-electron chi connectivity index (χ4n) is 2.69. The first-order chi connectivity index (χ1) is 12.8. The number of pyridine rings is 1. The van der Waals surface area contributed by atoms with Crippen LogP contribution in [-0.4, -0.2) is 38.6 Å². The average molecular weight is 349 g/mol. The van der Waals surface area contributed by atoms with E-state index in [0.717, 1.165) is 12.0 Å². The Morgan fingerprint density at radius 3 is 2.54 bits per heavy atom. The summed E-state index contributed by atoms with van der Waals surface area (Å²) < 4.78 is 1.94. The minimum Gasteiger partial charge on any atom is -0.336 e. The third kappa shape index (κ3) is 5.44. The number of benzene rings is 1. The quantitative estimate of drug-likeness (QED) is 0.680. The normalized spacial score (nSPS) is 10.5. The number of nitrogens with zero attached hydrogens (tertiary/aromatic N) is 4. The van der Waals surface area contributed by atoms with Gasteiger partial charge in [0, 0.05) is 51.0 Å². The van der Waals surface area contributed by atoms with Crippen molar-refractivity contribution in [3.63, 3.8) is 0 Å². The van der Waals surface area contributed by atoms with Crippen molar-refractivity contribution in [2.45, 2.75) is 19.5 Å². The van der Waals surface area contributed by atoms with Crippen LogP contribution in [0.1, 0.15) is 11.1 Å². The van der Waals surface area contributed by atoms with Gasteiger partial charge in [-0.2, -0.15) is 0 Å². The lowest BCUT2D eigenvalue weighted by Crippen LogP contribution is -2.41. The Kier molecular flexibility index (Phi) is 6.36. The summed E-state index contributed by atoms with van der Waals surface area (Å²) in [7, 11) is 0. The van der Waals surface area contributed by atoms with E-state index in [1.807, 2.05) is 46.0 Å². The first-order valence-electron chi connectivity index (χ1n) is 8.72. The lowest BCUT2D eigenvalue weighted by molar-refractivity contribution is 0.195. The van der Waals surface area contributed by atoms with E-state index in [1.54, 1.807) is 24.9 Å². The van der Waals surface area contributed by atoms with Crippen molar-refractivity contribution in [3.8, 4) is 0 Å². The average Bonchev–Trinajstić information content (AvgIpc) is 3.20. The van der Waals surface area contributed by atoms with Crippen LogP contribution in [0.3, 0.4) is 0 Å². The number of nitrogens with one attached hydrogen (secondary N) is 1. The number of rotatable bonds is 8. The van der Waals surface area contributed by atoms with E-state index in [4.69, 9.17) is 0 Å². The molecule has 1 N–H and O–H groups in total. The van der Waals surface area contributed by atoms with E-state index in [1.165, 1.54) is 5.56 Å². The van der Waals surface area contributed by atoms with Crippen molar-refractivity contribution in [2.75, 3.05) is 13.1 Å². The highest BCUT2D eigenvalue weighted by atomic mass is 16.2. The predicted molar refractivity (Wildman–Crippen MR) is 100 cm³/mol. The molecule has 2 heterocycles. The van der Waals surface area contributed by atoms with Gasteiger partial charge in [0.15, 0.2) is 0 Å². The molecule has 0 fully saturated rings. The number of hydrogen-bond acceptors (Lipinski definition) is 3. The lowest BCUT2D eigenvalue weighted by atomic mass is 10.1. The first-order valence-corrected chi connectivity index (χ1v) is 8.72. The Labute approximate surface area is 153 Å². The summed E-state index contributed by atoms with van der Waals surface area (Å²) in [6, 6.07) is 14.0. The molecule has 26 heavy (non-hydrogen) atoms. The third-order valence-corrected chi connectivity index (χ3v) is 4.13. The van der Waals surface area contributed by atoms with Crippen molar-refractivity contribution in [1.82, 2.24) is 24.8 Å². The molecule has 3 rings (SSSR count). The van der Waals surface area contributed by atoms with Crippen LogP contribution in [0, 0.1) is 0 Å². The summed E-state index contributed by atoms with van der Waals surface area (Å²) >= 11 is 0. The minimum atomic E-state index is -0.0575. The van der Waals surface area contributed by atoms with Crippen LogP contribution >= 0.6 is 0 Å². The van der Waals surface area contributed by atoms with E-state index >= 15 is 0 Å². The summed E-state index contributed by atoms with van der Waals surface area (Å²) in [4.78, 5) is 22.6. The molecule has 1 aromatic carbocycles. The monoisotopic (exact) mass is 349 g/mol. The third-order valence-electron chi connectivity index (χ3n) is 4.13. The summed E-state index contributed by atoms with van der Waals surface area (Å²) in [5.74, 6) is 0. The summed E-state index contributed by atoms with van der Waals surface area (Å²) in [5.41, 5.74) is 2.29. The van der Waals surface area contributed by atoms with Gasteiger partial charge in [-0.15, -0.1) is 0 Å². The van der Waals surface area contributed by atoms with E-state index in [0.29, 0.717) is 26.2 Å². The van der Waals surface area contributed by atoms with Crippen molar-refractivity contribution in [3.05, 3.63) is 84.7 Å². The van der Waals surface area contributed by atoms with Gasteiger partial charge < -0.3 is 14.8 Å². The van der Waals surface area contributed by atoms with E-state index < -0.39 is 0 Å². The Morgan fingerprint density at radius 1 is 1.00 bits per heavy atom. The summed E-state index contributed by atoms with van der Waals surface area (Å²) in [6.45, 7) is 2.48. The van der Waals surface area contributed by atoms with Gasteiger partial charge in [-0.3, -0.25) is 4.98 Å². The molecule has 2 aromatic heterocycles. The second-order valence-electron chi connectivity index (χ2n) is 6.05. The molecule has 0 aliphatic carbocycles. The lowest BCUT2D eigenvalue weighted by Gasteiger charge is -2.23. The van der Waals surface area contributed by atoms with Crippen LogP contribution in [-0.2, 0) is 19.5 Å². The second-order valence-corrected chi connectivity index (χ2v) is 6.05. The molecule has 0 unspecified atom stereocenters. The van der Waals surface area contributed by atoms with E-state index in [9.17, 15) is 4.79 Å². The number of aromatic nitrogens is 3. The Balaban J connectivity index is 1.58. The molecule has 3 aromatic rings. The van der Waals surface area contributed by atoms with Gasteiger partial charge in [-0.25, -0.2) is 9.78 Å². The van der Waals surface area contributed by atoms with E-state index in [-0.39, 0.29) is 6.03 Å². The van der Waals surface area contributed by atoms with Gasteiger partial charge in [0.1, 0.15) is 0 Å². The molecule has 134 valence electrons. The molecular weight excluding hydrogens is 326 g/mol. The first kappa shape index (κ1) is 17.7. The highest BCUT2D eigenvalue weighted by Gasteiger charge is 2.13. The number of carbonyl (C=O) groups is 1. The number of amides is 2. The second kappa shape index (κ2) is 9.36. The van der Waals surface area contributed by atoms with Gasteiger partial charge in [-0.05, 0) is 29.7 Å². The Hall–Kier alpha value is -3.15. The van der Waals surface area contributed by atoms with Gasteiger partial charge >= 0.3 is 6.03 Å². The Morgan fingerprint density at radius 2 is 1.81 bits per heavy atom. The van der Waals surface area contributed by atoms with Gasteiger partial charge in [0.05, 0.1) is 6.33 Å². The van der Waals surface area contributed by atoms with Crippen molar-refractivity contribution in [1.29, 1.82) is 0 Å². The zero-order valence-corrected chi connectivity index (χ0v) is 14.7. The van der Waals surface area contributed by atoms with Crippen molar-refractivity contribution in [2.24, 2.45) is 0 Å². The van der Waals surface area contributed by atoms with E-state index in [2.05, 4.69) is 27.4 Å². The molecule has 2 amide bonds. The van der Waals surface area contributed by atoms with Crippen LogP contribution in [0.4, 0.5) is 4.79 Å². The maximum atomic E-state index is 12.7. The molecule has 0 saturated carbocycles. The van der Waals surface area contributed by atoms with Crippen molar-refractivity contribution >= 4 is 6.03 Å². The molecule has 0 aliphatic heterocycles. The Bertz CT molecular complexity index is 774.